The van der Waals surface area contributed by atoms with E-state index in [9.17, 15) is 4.79 Å². The molecular weight excluding hydrogens is 298 g/mol. The second-order valence-electron chi connectivity index (χ2n) is 3.62. The van der Waals surface area contributed by atoms with Gasteiger partial charge in [0, 0.05) is 6.54 Å². The Hall–Kier alpha value is -1.18. The van der Waals surface area contributed by atoms with Gasteiger partial charge in [-0.15, -0.1) is 5.10 Å². The van der Waals surface area contributed by atoms with Crippen LogP contribution in [0.3, 0.4) is 0 Å². The molecule has 0 bridgehead atoms. The lowest BCUT2D eigenvalue weighted by Gasteiger charge is -2.00. The average Bonchev–Trinajstić information content (AvgIpc) is 2.79. The minimum Gasteiger partial charge on any atom is -0.356 e. The first-order valence-corrected chi connectivity index (χ1v) is 7.97. The number of rotatable bonds is 5. The van der Waals surface area contributed by atoms with Crippen LogP contribution in [0.25, 0.3) is 5.69 Å². The van der Waals surface area contributed by atoms with Gasteiger partial charge in [-0.05, 0) is 31.3 Å². The Labute approximate surface area is 124 Å². The minimum absolute atomic E-state index is 0.0138. The molecule has 0 saturated heterocycles. The molecule has 1 amide bonds. The maximum Gasteiger partial charge on any atom is 0.230 e. The fourth-order valence-corrected chi connectivity index (χ4v) is 3.62. The van der Waals surface area contributed by atoms with E-state index in [1.807, 2.05) is 37.3 Å². The molecule has 0 unspecified atom stereocenters. The second-order valence-corrected chi connectivity index (χ2v) is 6.47. The Morgan fingerprint density at radius 1 is 1.47 bits per heavy atom. The third kappa shape index (κ3) is 3.89. The molecule has 1 aromatic carbocycles. The monoisotopic (exact) mass is 311 g/mol. The molecule has 0 spiro atoms. The third-order valence-electron chi connectivity index (χ3n) is 2.23. The highest BCUT2D eigenvalue weighted by Gasteiger charge is 2.08. The van der Waals surface area contributed by atoms with Crippen LogP contribution >= 0.6 is 35.3 Å². The van der Waals surface area contributed by atoms with Crippen molar-refractivity contribution in [3.63, 3.8) is 0 Å². The molecule has 2 rings (SSSR count). The molecule has 0 aliphatic carbocycles. The molecule has 0 fully saturated rings. The van der Waals surface area contributed by atoms with E-state index in [0.29, 0.717) is 16.3 Å². The van der Waals surface area contributed by atoms with E-state index in [1.165, 1.54) is 23.1 Å². The summed E-state index contributed by atoms with van der Waals surface area (Å²) in [6.45, 7) is 2.55. The maximum atomic E-state index is 11.4. The highest BCUT2D eigenvalue weighted by Crippen LogP contribution is 2.23. The van der Waals surface area contributed by atoms with Gasteiger partial charge in [0.25, 0.3) is 0 Å². The molecule has 2 aromatic rings. The van der Waals surface area contributed by atoms with Crippen molar-refractivity contribution in [1.29, 1.82) is 0 Å². The van der Waals surface area contributed by atoms with Gasteiger partial charge in [-0.2, -0.15) is 0 Å². The van der Waals surface area contributed by atoms with Gasteiger partial charge in [-0.1, -0.05) is 41.3 Å². The van der Waals surface area contributed by atoms with E-state index in [4.69, 9.17) is 12.2 Å². The van der Waals surface area contributed by atoms with Crippen LogP contribution in [0.5, 0.6) is 0 Å². The van der Waals surface area contributed by atoms with Crippen molar-refractivity contribution in [1.82, 2.24) is 15.1 Å². The first-order chi connectivity index (χ1) is 9.20. The molecule has 4 nitrogen and oxygen atoms in total. The largest absolute Gasteiger partial charge is 0.356 e. The van der Waals surface area contributed by atoms with Gasteiger partial charge in [-0.25, -0.2) is 4.68 Å². The second kappa shape index (κ2) is 6.83. The summed E-state index contributed by atoms with van der Waals surface area (Å²) in [7, 11) is 0. The highest BCUT2D eigenvalue weighted by molar-refractivity contribution is 8.01. The quantitative estimate of drug-likeness (QED) is 0.681. The first-order valence-electron chi connectivity index (χ1n) is 5.76. The standard InChI is InChI=1S/C12H13N3OS3/c1-2-13-10(16)8-18-11-14-15(12(17)19-11)9-6-4-3-5-7-9/h3-7H,2,8H2,1H3,(H,13,16). The number of thioether (sulfide) groups is 1. The molecule has 0 aliphatic rings. The Balaban J connectivity index is 2.09. The molecule has 0 saturated carbocycles. The van der Waals surface area contributed by atoms with Crippen molar-refractivity contribution in [2.45, 2.75) is 11.3 Å². The smallest absolute Gasteiger partial charge is 0.230 e. The van der Waals surface area contributed by atoms with Crippen LogP contribution < -0.4 is 5.32 Å². The van der Waals surface area contributed by atoms with Gasteiger partial charge in [0.1, 0.15) is 0 Å². The van der Waals surface area contributed by atoms with Crippen molar-refractivity contribution in [3.05, 3.63) is 34.3 Å². The number of nitrogens with zero attached hydrogens (tertiary/aromatic N) is 2. The molecule has 0 aliphatic heterocycles. The Morgan fingerprint density at radius 3 is 2.89 bits per heavy atom. The number of para-hydroxylation sites is 1. The number of hydrogen-bond acceptors (Lipinski definition) is 5. The van der Waals surface area contributed by atoms with E-state index >= 15 is 0 Å². The van der Waals surface area contributed by atoms with Gasteiger partial charge in [0.15, 0.2) is 8.29 Å². The minimum atomic E-state index is 0.0138. The Morgan fingerprint density at radius 2 is 2.21 bits per heavy atom. The summed E-state index contributed by atoms with van der Waals surface area (Å²) in [5.74, 6) is 0.380. The number of amides is 1. The van der Waals surface area contributed by atoms with Crippen LogP contribution in [0.2, 0.25) is 0 Å². The third-order valence-corrected chi connectivity index (χ3v) is 4.60. The van der Waals surface area contributed by atoms with E-state index in [0.717, 1.165) is 10.0 Å². The molecule has 7 heteroatoms. The van der Waals surface area contributed by atoms with Crippen LogP contribution in [0.1, 0.15) is 6.92 Å². The van der Waals surface area contributed by atoms with Crippen molar-refractivity contribution in [3.8, 4) is 5.69 Å². The van der Waals surface area contributed by atoms with Crippen molar-refractivity contribution in [2.75, 3.05) is 12.3 Å². The average molecular weight is 311 g/mol. The van der Waals surface area contributed by atoms with Crippen LogP contribution in [0, 0.1) is 3.95 Å². The van der Waals surface area contributed by atoms with Gasteiger partial charge in [0.05, 0.1) is 11.4 Å². The molecule has 1 aromatic heterocycles. The number of hydrogen-bond donors (Lipinski definition) is 1. The number of aromatic nitrogens is 2. The fraction of sp³-hybridized carbons (Fsp3) is 0.250. The van der Waals surface area contributed by atoms with Crippen molar-refractivity contribution in [2.24, 2.45) is 0 Å². The number of carbonyl (C=O) groups is 1. The normalized spacial score (nSPS) is 10.4. The summed E-state index contributed by atoms with van der Waals surface area (Å²) < 4.78 is 3.21. The molecule has 0 radical (unpaired) electrons. The Kier molecular flexibility index (Phi) is 5.12. The fourth-order valence-electron chi connectivity index (χ4n) is 1.43. The van der Waals surface area contributed by atoms with E-state index in [2.05, 4.69) is 10.4 Å². The van der Waals surface area contributed by atoms with Crippen LogP contribution in [0.4, 0.5) is 0 Å². The van der Waals surface area contributed by atoms with Crippen LogP contribution in [-0.2, 0) is 4.79 Å². The molecule has 19 heavy (non-hydrogen) atoms. The summed E-state index contributed by atoms with van der Waals surface area (Å²) in [6.07, 6.45) is 0. The summed E-state index contributed by atoms with van der Waals surface area (Å²) in [4.78, 5) is 11.4. The highest BCUT2D eigenvalue weighted by atomic mass is 32.2. The lowest BCUT2D eigenvalue weighted by Crippen LogP contribution is -2.24. The zero-order valence-electron chi connectivity index (χ0n) is 10.3. The number of benzene rings is 1. The van der Waals surface area contributed by atoms with Gasteiger partial charge in [-0.3, -0.25) is 4.79 Å². The van der Waals surface area contributed by atoms with Gasteiger partial charge >= 0.3 is 0 Å². The molecular formula is C12H13N3OS3. The summed E-state index contributed by atoms with van der Waals surface area (Å²) in [6, 6.07) is 9.74. The van der Waals surface area contributed by atoms with Gasteiger partial charge in [0.2, 0.25) is 5.91 Å². The number of nitrogens with one attached hydrogen (secondary N) is 1. The first kappa shape index (κ1) is 14.2. The van der Waals surface area contributed by atoms with E-state index in [-0.39, 0.29) is 5.91 Å². The summed E-state index contributed by atoms with van der Waals surface area (Å²) in [5.41, 5.74) is 0.939. The summed E-state index contributed by atoms with van der Waals surface area (Å²) >= 11 is 8.12. The van der Waals surface area contributed by atoms with Crippen molar-refractivity contribution >= 4 is 41.2 Å². The van der Waals surface area contributed by atoms with Crippen LogP contribution in [0.15, 0.2) is 34.7 Å². The zero-order chi connectivity index (χ0) is 13.7. The lowest BCUT2D eigenvalue weighted by molar-refractivity contribution is -0.118. The van der Waals surface area contributed by atoms with Gasteiger partial charge < -0.3 is 5.32 Å². The predicted molar refractivity (Wildman–Crippen MR) is 81.7 cm³/mol. The molecule has 1 N–H and O–H groups in total. The summed E-state index contributed by atoms with van der Waals surface area (Å²) in [5, 5.41) is 7.18. The molecule has 100 valence electrons. The molecule has 1 heterocycles. The topological polar surface area (TPSA) is 46.9 Å². The number of carbonyl (C=O) groups excluding carboxylic acids is 1. The molecule has 0 atom stereocenters. The SMILES string of the molecule is CCNC(=O)CSc1nn(-c2ccccc2)c(=S)s1. The lowest BCUT2D eigenvalue weighted by atomic mass is 10.3. The maximum absolute atomic E-state index is 11.4. The Bertz CT molecular complexity index is 606. The van der Waals surface area contributed by atoms with E-state index in [1.54, 1.807) is 4.68 Å². The van der Waals surface area contributed by atoms with E-state index < -0.39 is 0 Å². The predicted octanol–water partition coefficient (Wildman–Crippen LogP) is 2.89. The zero-order valence-corrected chi connectivity index (χ0v) is 12.8. The van der Waals surface area contributed by atoms with Crippen molar-refractivity contribution < 1.29 is 4.79 Å². The van der Waals surface area contributed by atoms with Crippen LogP contribution in [-0.4, -0.2) is 28.0 Å².